The first kappa shape index (κ1) is 23.2. The van der Waals surface area contributed by atoms with Crippen LogP contribution < -0.4 is 0 Å². The molecule has 0 saturated heterocycles. The Morgan fingerprint density at radius 2 is 1.21 bits per heavy atom. The molecule has 0 aliphatic rings. The fourth-order valence-electron chi connectivity index (χ4n) is 0.313. The largest absolute Gasteiger partial charge is 0.397 e. The van der Waals surface area contributed by atoms with E-state index in [2.05, 4.69) is 4.98 Å². The summed E-state index contributed by atoms with van der Waals surface area (Å²) in [6, 6.07) is 5.72. The molecule has 0 aliphatic heterocycles. The fraction of sp³-hybridized carbons (Fsp3) is 0.583. The Kier molecular flexibility index (Phi) is 66.3. The predicted molar refractivity (Wildman–Crippen MR) is 66.4 cm³/mol. The summed E-state index contributed by atoms with van der Waals surface area (Å²) in [5.74, 6) is 0. The summed E-state index contributed by atoms with van der Waals surface area (Å²) < 4.78 is 0. The lowest BCUT2D eigenvalue weighted by Crippen LogP contribution is -1.58. The van der Waals surface area contributed by atoms with Crippen molar-refractivity contribution in [1.82, 2.24) is 4.98 Å². The van der Waals surface area contributed by atoms with E-state index in [4.69, 9.17) is 5.11 Å². The summed E-state index contributed by atoms with van der Waals surface area (Å²) in [5, 5.41) is 7.57. The lowest BCUT2D eigenvalue weighted by Gasteiger charge is -1.70. The number of aromatic nitrogens is 1. The van der Waals surface area contributed by atoms with Crippen LogP contribution in [-0.2, 0) is 0 Å². The Labute approximate surface area is 90.0 Å². The molecule has 2 nitrogen and oxygen atoms in total. The van der Waals surface area contributed by atoms with Gasteiger partial charge in [-0.05, 0) is 19.1 Å². The second kappa shape index (κ2) is 40.0. The van der Waals surface area contributed by atoms with E-state index in [1.807, 2.05) is 45.9 Å². The van der Waals surface area contributed by atoms with Gasteiger partial charge in [0, 0.05) is 19.0 Å². The second-order valence-electron chi connectivity index (χ2n) is 1.34. The van der Waals surface area contributed by atoms with Crippen LogP contribution in [0.4, 0.5) is 0 Å². The van der Waals surface area contributed by atoms with E-state index in [1.165, 1.54) is 0 Å². The van der Waals surface area contributed by atoms with Gasteiger partial charge in [0.15, 0.2) is 0 Å². The number of pyridine rings is 1. The zero-order chi connectivity index (χ0) is 10.9. The average Bonchev–Trinajstić information content (AvgIpc) is 2.27. The van der Waals surface area contributed by atoms with Crippen LogP contribution in [0.3, 0.4) is 0 Å². The normalized spacial score (nSPS) is 5.57. The van der Waals surface area contributed by atoms with E-state index in [-0.39, 0.29) is 14.0 Å². The molecule has 2 heteroatoms. The molecule has 0 aromatic carbocycles. The van der Waals surface area contributed by atoms with Gasteiger partial charge in [-0.1, -0.05) is 41.2 Å². The molecule has 14 heavy (non-hydrogen) atoms. The van der Waals surface area contributed by atoms with Crippen molar-refractivity contribution >= 4 is 0 Å². The van der Waals surface area contributed by atoms with E-state index in [9.17, 15) is 0 Å². The summed E-state index contributed by atoms with van der Waals surface area (Å²) in [5.41, 5.74) is 0. The molecule has 1 rings (SSSR count). The maximum Gasteiger partial charge on any atom is 0.0402 e. The molecule has 0 aliphatic carbocycles. The maximum absolute atomic E-state index is 7.57. The Balaban J connectivity index is -0.0000000549. The fourth-order valence-corrected chi connectivity index (χ4v) is 0.313. The van der Waals surface area contributed by atoms with Gasteiger partial charge < -0.3 is 5.11 Å². The first-order chi connectivity index (χ1) is 6.41. The quantitative estimate of drug-likeness (QED) is 0.693. The molecule has 0 atom stereocenters. The van der Waals surface area contributed by atoms with Crippen LogP contribution in [0.15, 0.2) is 30.6 Å². The van der Waals surface area contributed by atoms with Crippen LogP contribution in [0, 0.1) is 0 Å². The van der Waals surface area contributed by atoms with Gasteiger partial charge in [0.25, 0.3) is 0 Å². The highest BCUT2D eigenvalue weighted by atomic mass is 16.2. The van der Waals surface area contributed by atoms with E-state index < -0.39 is 0 Å². The lowest BCUT2D eigenvalue weighted by atomic mass is 10.5. The van der Waals surface area contributed by atoms with Crippen molar-refractivity contribution in [2.45, 2.75) is 42.0 Å². The zero-order valence-corrected chi connectivity index (χ0v) is 9.49. The summed E-state index contributed by atoms with van der Waals surface area (Å²) in [6.45, 7) is 9.93. The molecule has 0 saturated carbocycles. The van der Waals surface area contributed by atoms with Crippen molar-refractivity contribution in [2.24, 2.45) is 0 Å². The number of hydrogen-bond acceptors (Lipinski definition) is 2. The third-order valence-electron chi connectivity index (χ3n) is 0.566. The van der Waals surface area contributed by atoms with Gasteiger partial charge in [-0.15, -0.1) is 0 Å². The summed E-state index contributed by atoms with van der Waals surface area (Å²) >= 11 is 0. The van der Waals surface area contributed by atoms with Gasteiger partial charge in [-0.3, -0.25) is 4.98 Å². The minimum atomic E-state index is 0. The average molecular weight is 201 g/mol. The third kappa shape index (κ3) is 43.5. The summed E-state index contributed by atoms with van der Waals surface area (Å²) in [7, 11) is 0. The van der Waals surface area contributed by atoms with Crippen molar-refractivity contribution in [1.29, 1.82) is 0 Å². The Morgan fingerprint density at radius 1 is 0.929 bits per heavy atom. The van der Waals surface area contributed by atoms with Crippen LogP contribution in [0.2, 0.25) is 0 Å². The number of aliphatic hydroxyl groups is 1. The van der Waals surface area contributed by atoms with E-state index >= 15 is 0 Å². The van der Waals surface area contributed by atoms with Crippen LogP contribution >= 0.6 is 0 Å². The van der Waals surface area contributed by atoms with Gasteiger partial charge in [-0.25, -0.2) is 0 Å². The molecule has 0 fully saturated rings. The van der Waals surface area contributed by atoms with Gasteiger partial charge in [0.1, 0.15) is 0 Å². The van der Waals surface area contributed by atoms with E-state index in [0.717, 1.165) is 0 Å². The van der Waals surface area contributed by atoms with Crippen molar-refractivity contribution in [3.63, 3.8) is 0 Å². The van der Waals surface area contributed by atoms with Crippen LogP contribution in [0.1, 0.15) is 42.0 Å². The van der Waals surface area contributed by atoms with Gasteiger partial charge in [-0.2, -0.15) is 0 Å². The number of rotatable bonds is 0. The Bertz CT molecular complexity index is 93.2. The number of hydrogen-bond donors (Lipinski definition) is 1. The monoisotopic (exact) mass is 201 g/mol. The Morgan fingerprint density at radius 3 is 1.29 bits per heavy atom. The van der Waals surface area contributed by atoms with Gasteiger partial charge >= 0.3 is 0 Å². The molecule has 0 radical (unpaired) electrons. The highest BCUT2D eigenvalue weighted by Gasteiger charge is 1.58. The van der Waals surface area contributed by atoms with Crippen LogP contribution in [0.5, 0.6) is 0 Å². The molecule has 0 unspecified atom stereocenters. The summed E-state index contributed by atoms with van der Waals surface area (Å²) in [6.07, 6.45) is 3.50. The molecule has 1 aromatic heterocycles. The minimum absolute atomic E-state index is 0. The van der Waals surface area contributed by atoms with E-state index in [0.29, 0.717) is 0 Å². The van der Waals surface area contributed by atoms with Crippen molar-refractivity contribution in [3.05, 3.63) is 30.6 Å². The molecule has 0 bridgehead atoms. The first-order valence-electron chi connectivity index (χ1n) is 4.87. The highest BCUT2D eigenvalue weighted by Crippen LogP contribution is 1.73. The molecule has 1 N–H and O–H groups in total. The number of aliphatic hydroxyl groups excluding tert-OH is 1. The first-order valence-corrected chi connectivity index (χ1v) is 4.87. The van der Waals surface area contributed by atoms with Gasteiger partial charge in [0.05, 0.1) is 0 Å². The molecular weight excluding hydrogens is 174 g/mol. The number of nitrogens with zero attached hydrogens (tertiary/aromatic N) is 1. The molecule has 1 aromatic rings. The summed E-state index contributed by atoms with van der Waals surface area (Å²) in [4.78, 5) is 3.78. The van der Waals surface area contributed by atoms with Crippen LogP contribution in [-0.4, -0.2) is 16.7 Å². The minimum Gasteiger partial charge on any atom is -0.397 e. The second-order valence-corrected chi connectivity index (χ2v) is 1.34. The highest BCUT2D eigenvalue weighted by molar-refractivity contribution is 4.88. The molecule has 86 valence electrons. The SMILES string of the molecule is C.CC.CC.CCO.c1ccncc1. The van der Waals surface area contributed by atoms with E-state index in [1.54, 1.807) is 19.3 Å². The molecule has 0 amide bonds. The zero-order valence-electron chi connectivity index (χ0n) is 9.49. The van der Waals surface area contributed by atoms with Crippen LogP contribution in [0.25, 0.3) is 0 Å². The van der Waals surface area contributed by atoms with Crippen molar-refractivity contribution < 1.29 is 5.11 Å². The molecule has 1 heterocycles. The lowest BCUT2D eigenvalue weighted by molar-refractivity contribution is 0.318. The standard InChI is InChI=1S/C5H5N.C2H6O.2C2H6.CH4/c1-2-4-6-5-3-1;1-2-3;2*1-2;/h1-5H;3H,2H2,1H3;2*1-2H3;1H4. The van der Waals surface area contributed by atoms with Crippen molar-refractivity contribution in [2.75, 3.05) is 6.61 Å². The predicted octanol–water partition coefficient (Wildman–Crippen LogP) is 3.77. The smallest absolute Gasteiger partial charge is 0.0402 e. The third-order valence-corrected chi connectivity index (χ3v) is 0.566. The topological polar surface area (TPSA) is 33.1 Å². The Hall–Kier alpha value is -0.890. The molecular formula is C12H27NO. The maximum atomic E-state index is 7.57. The molecule has 0 spiro atoms. The van der Waals surface area contributed by atoms with Crippen molar-refractivity contribution in [3.8, 4) is 0 Å². The van der Waals surface area contributed by atoms with Gasteiger partial charge in [0.2, 0.25) is 0 Å².